The van der Waals surface area contributed by atoms with Gasteiger partial charge in [0, 0.05) is 33.4 Å². The second kappa shape index (κ2) is 11.8. The van der Waals surface area contributed by atoms with E-state index in [1.54, 1.807) is 43.3 Å². The molecule has 1 aliphatic rings. The molecule has 6 nitrogen and oxygen atoms in total. The largest absolute Gasteiger partial charge is 0.340 e. The Labute approximate surface area is 266 Å². The van der Waals surface area contributed by atoms with Crippen molar-refractivity contribution in [3.05, 3.63) is 168 Å². The number of allylic oxidation sites excluding steroid dienone is 1. The first kappa shape index (κ1) is 29.3. The number of aromatic nitrogens is 2. The zero-order valence-corrected chi connectivity index (χ0v) is 25.8. The molecule has 1 atom stereocenters. The molecule has 0 unspecified atom stereocenters. The molecule has 0 spiro atoms. The van der Waals surface area contributed by atoms with Gasteiger partial charge in [0.2, 0.25) is 0 Å². The Balaban J connectivity index is 1.39. The number of hydrogen-bond donors (Lipinski definition) is 1. The Kier molecular flexibility index (Phi) is 7.54. The van der Waals surface area contributed by atoms with E-state index < -0.39 is 17.8 Å². The molecule has 7 rings (SSSR count). The second-order valence-corrected chi connectivity index (χ2v) is 12.2. The second-order valence-electron chi connectivity index (χ2n) is 11.1. The number of nitrogens with one attached hydrogen (secondary N) is 1. The number of benzene rings is 4. The van der Waals surface area contributed by atoms with Crippen molar-refractivity contribution in [3.63, 3.8) is 0 Å². The van der Waals surface area contributed by atoms with E-state index in [2.05, 4.69) is 5.32 Å². The molecule has 228 valence electrons. The van der Waals surface area contributed by atoms with Crippen molar-refractivity contribution in [2.24, 2.45) is 4.99 Å². The molecular formula is C37H28F2N4O2S. The molecule has 2 aromatic heterocycles. The van der Waals surface area contributed by atoms with E-state index in [9.17, 15) is 18.4 Å². The fourth-order valence-electron chi connectivity index (χ4n) is 6.06. The Bertz CT molecular complexity index is 2350. The number of hydrogen-bond acceptors (Lipinski definition) is 4. The number of fused-ring (bicyclic) bond motifs is 2. The summed E-state index contributed by atoms with van der Waals surface area (Å²) >= 11 is 1.23. The van der Waals surface area contributed by atoms with Gasteiger partial charge in [0.15, 0.2) is 4.80 Å². The van der Waals surface area contributed by atoms with Crippen molar-refractivity contribution in [1.82, 2.24) is 9.13 Å². The highest BCUT2D eigenvalue weighted by atomic mass is 32.1. The molecule has 1 N–H and O–H groups in total. The number of amides is 1. The van der Waals surface area contributed by atoms with Crippen LogP contribution in [0.15, 0.2) is 124 Å². The van der Waals surface area contributed by atoms with E-state index in [0.717, 1.165) is 22.2 Å². The summed E-state index contributed by atoms with van der Waals surface area (Å²) in [6, 6.07) is 28.6. The molecule has 4 aromatic carbocycles. The zero-order chi connectivity index (χ0) is 31.9. The molecule has 46 heavy (non-hydrogen) atoms. The van der Waals surface area contributed by atoms with E-state index in [4.69, 9.17) is 4.99 Å². The maximum atomic E-state index is 14.7. The van der Waals surface area contributed by atoms with Crippen LogP contribution in [0.5, 0.6) is 0 Å². The van der Waals surface area contributed by atoms with Crippen molar-refractivity contribution in [2.45, 2.75) is 26.4 Å². The highest BCUT2D eigenvalue weighted by molar-refractivity contribution is 7.07. The molecule has 0 bridgehead atoms. The van der Waals surface area contributed by atoms with Gasteiger partial charge in [-0.3, -0.25) is 14.2 Å². The van der Waals surface area contributed by atoms with Crippen LogP contribution in [0.1, 0.15) is 35.3 Å². The number of nitrogens with zero attached hydrogens (tertiary/aromatic N) is 3. The van der Waals surface area contributed by atoms with Gasteiger partial charge in [-0.2, -0.15) is 0 Å². The van der Waals surface area contributed by atoms with Crippen LogP contribution >= 0.6 is 11.3 Å². The van der Waals surface area contributed by atoms with Crippen molar-refractivity contribution in [3.8, 4) is 0 Å². The smallest absolute Gasteiger partial charge is 0.271 e. The topological polar surface area (TPSA) is 68.4 Å². The average Bonchev–Trinajstić information content (AvgIpc) is 3.50. The quantitative estimate of drug-likeness (QED) is 0.230. The number of thiazole rings is 1. The Morgan fingerprint density at radius 1 is 0.913 bits per heavy atom. The molecule has 6 aromatic rings. The normalized spacial score (nSPS) is 14.8. The Morgan fingerprint density at radius 2 is 1.61 bits per heavy atom. The minimum absolute atomic E-state index is 0.280. The maximum absolute atomic E-state index is 14.7. The highest BCUT2D eigenvalue weighted by Crippen LogP contribution is 2.32. The summed E-state index contributed by atoms with van der Waals surface area (Å²) in [5.74, 6) is -1.10. The number of anilines is 1. The third-order valence-corrected chi connectivity index (χ3v) is 9.31. The summed E-state index contributed by atoms with van der Waals surface area (Å²) in [4.78, 5) is 33.2. The van der Waals surface area contributed by atoms with Crippen LogP contribution in [0.2, 0.25) is 0 Å². The van der Waals surface area contributed by atoms with E-state index in [1.165, 1.54) is 34.1 Å². The minimum Gasteiger partial charge on any atom is -0.340 e. The van der Waals surface area contributed by atoms with Gasteiger partial charge in [0.25, 0.3) is 11.5 Å². The average molecular weight is 631 g/mol. The highest BCUT2D eigenvalue weighted by Gasteiger charge is 2.32. The molecule has 3 heterocycles. The van der Waals surface area contributed by atoms with Crippen molar-refractivity contribution in [1.29, 1.82) is 0 Å². The van der Waals surface area contributed by atoms with Gasteiger partial charge in [0.05, 0.1) is 28.4 Å². The fraction of sp³-hybridized carbons (Fsp3) is 0.108. The van der Waals surface area contributed by atoms with E-state index in [0.29, 0.717) is 44.0 Å². The first-order chi connectivity index (χ1) is 22.3. The number of para-hydroxylation sites is 2. The van der Waals surface area contributed by atoms with E-state index in [1.807, 2.05) is 66.1 Å². The lowest BCUT2D eigenvalue weighted by atomic mass is 9.95. The van der Waals surface area contributed by atoms with Crippen LogP contribution in [0.4, 0.5) is 14.5 Å². The molecule has 0 fully saturated rings. The van der Waals surface area contributed by atoms with Gasteiger partial charge in [0.1, 0.15) is 11.6 Å². The fourth-order valence-corrected chi connectivity index (χ4v) is 7.09. The van der Waals surface area contributed by atoms with E-state index in [-0.39, 0.29) is 11.4 Å². The van der Waals surface area contributed by atoms with Crippen molar-refractivity contribution in [2.75, 3.05) is 5.32 Å². The third kappa shape index (κ3) is 5.18. The predicted molar refractivity (Wildman–Crippen MR) is 177 cm³/mol. The standard InChI is InChI=1S/C37H28F2N4O2S/c1-22-33(35(44)41-27-11-4-3-5-12-27)34(24-16-18-26(38)19-17-24)43-36(45)32(46-37(43)40-22)20-29-23(2)42(31-15-9-7-13-28(29)31)21-25-10-6-8-14-30(25)39/h3-20,34H,21H2,1-2H3,(H,41,44)/b32-20-/t34-/m0/s1. The van der Waals surface area contributed by atoms with E-state index >= 15 is 0 Å². The number of halogens is 2. The number of rotatable bonds is 6. The molecule has 9 heteroatoms. The van der Waals surface area contributed by atoms with Gasteiger partial charge < -0.3 is 9.88 Å². The molecule has 0 radical (unpaired) electrons. The van der Waals surface area contributed by atoms with Gasteiger partial charge >= 0.3 is 0 Å². The summed E-state index contributed by atoms with van der Waals surface area (Å²) < 4.78 is 32.7. The summed E-state index contributed by atoms with van der Waals surface area (Å²) in [5, 5.41) is 3.85. The first-order valence-electron chi connectivity index (χ1n) is 14.8. The summed E-state index contributed by atoms with van der Waals surface area (Å²) in [5.41, 5.74) is 4.83. The maximum Gasteiger partial charge on any atom is 0.271 e. The third-order valence-electron chi connectivity index (χ3n) is 8.33. The molecule has 0 saturated carbocycles. The van der Waals surface area contributed by atoms with Gasteiger partial charge in [-0.1, -0.05) is 78.1 Å². The van der Waals surface area contributed by atoms with Crippen LogP contribution in [0.25, 0.3) is 17.0 Å². The van der Waals surface area contributed by atoms with Crippen LogP contribution in [-0.2, 0) is 11.3 Å². The molecule has 1 amide bonds. The minimum atomic E-state index is -0.828. The van der Waals surface area contributed by atoms with Gasteiger partial charge in [-0.05, 0) is 61.9 Å². The summed E-state index contributed by atoms with van der Waals surface area (Å²) in [6.07, 6.45) is 1.85. The van der Waals surface area contributed by atoms with Crippen LogP contribution < -0.4 is 20.2 Å². The monoisotopic (exact) mass is 630 g/mol. The Morgan fingerprint density at radius 3 is 2.37 bits per heavy atom. The lowest BCUT2D eigenvalue weighted by molar-refractivity contribution is -0.113. The predicted octanol–water partition coefficient (Wildman–Crippen LogP) is 6.46. The van der Waals surface area contributed by atoms with Crippen molar-refractivity contribution < 1.29 is 13.6 Å². The van der Waals surface area contributed by atoms with Crippen LogP contribution in [0.3, 0.4) is 0 Å². The zero-order valence-electron chi connectivity index (χ0n) is 25.0. The summed E-state index contributed by atoms with van der Waals surface area (Å²) in [6.45, 7) is 4.03. The number of carbonyl (C=O) groups excluding carboxylic acids is 1. The van der Waals surface area contributed by atoms with Gasteiger partial charge in [-0.25, -0.2) is 13.8 Å². The lowest BCUT2D eigenvalue weighted by Gasteiger charge is -2.25. The number of carbonyl (C=O) groups is 1. The van der Waals surface area contributed by atoms with Crippen molar-refractivity contribution >= 4 is 39.9 Å². The molecule has 0 saturated heterocycles. The molecule has 0 aliphatic carbocycles. The van der Waals surface area contributed by atoms with Crippen LogP contribution in [-0.4, -0.2) is 15.0 Å². The first-order valence-corrected chi connectivity index (χ1v) is 15.6. The lowest BCUT2D eigenvalue weighted by Crippen LogP contribution is -2.40. The van der Waals surface area contributed by atoms with Gasteiger partial charge in [-0.15, -0.1) is 0 Å². The van der Waals surface area contributed by atoms with Crippen LogP contribution in [0, 0.1) is 18.6 Å². The molecule has 1 aliphatic heterocycles. The summed E-state index contributed by atoms with van der Waals surface area (Å²) in [7, 11) is 0. The SMILES string of the molecule is CC1=C(C(=O)Nc2ccccc2)[C@H](c2ccc(F)cc2)n2c(s/c(=C\c3c(C)n(Cc4ccccc4F)c4ccccc34)c2=O)=N1. The molecular weight excluding hydrogens is 602 g/mol. The Hall–Kier alpha value is -5.41.